The zero-order valence-corrected chi connectivity index (χ0v) is 7.91. The predicted molar refractivity (Wildman–Crippen MR) is 57.1 cm³/mol. The van der Waals surface area contributed by atoms with Crippen LogP contribution in [-0.2, 0) is 0 Å². The van der Waals surface area contributed by atoms with E-state index in [1.807, 2.05) is 12.1 Å². The van der Waals surface area contributed by atoms with Crippen LogP contribution < -0.4 is 4.90 Å². The molecule has 0 aliphatic heterocycles. The lowest BCUT2D eigenvalue weighted by atomic mass is 10.1. The van der Waals surface area contributed by atoms with E-state index in [0.29, 0.717) is 0 Å². The molecular formula is C12H12N. The molecule has 0 heterocycles. The van der Waals surface area contributed by atoms with Crippen LogP contribution in [0.4, 0.5) is 5.69 Å². The van der Waals surface area contributed by atoms with Crippen molar-refractivity contribution in [3.8, 4) is 0 Å². The van der Waals surface area contributed by atoms with Gasteiger partial charge in [-0.05, 0) is 23.6 Å². The predicted octanol–water partition coefficient (Wildman–Crippen LogP) is 2.71. The second-order valence-corrected chi connectivity index (χ2v) is 3.32. The molecule has 0 fully saturated rings. The summed E-state index contributed by atoms with van der Waals surface area (Å²) in [5.41, 5.74) is 1.26. The lowest BCUT2D eigenvalue weighted by Gasteiger charge is -2.14. The Kier molecular flexibility index (Phi) is 1.93. The fourth-order valence-electron chi connectivity index (χ4n) is 1.54. The molecule has 0 spiro atoms. The van der Waals surface area contributed by atoms with Crippen molar-refractivity contribution in [3.63, 3.8) is 0 Å². The second kappa shape index (κ2) is 3.09. The van der Waals surface area contributed by atoms with Crippen LogP contribution in [-0.4, -0.2) is 14.1 Å². The van der Waals surface area contributed by atoms with E-state index >= 15 is 0 Å². The van der Waals surface area contributed by atoms with Gasteiger partial charge in [0.15, 0.2) is 0 Å². The van der Waals surface area contributed by atoms with Gasteiger partial charge in [-0.25, -0.2) is 0 Å². The topological polar surface area (TPSA) is 3.24 Å². The van der Waals surface area contributed by atoms with E-state index in [1.54, 1.807) is 0 Å². The summed E-state index contributed by atoms with van der Waals surface area (Å²) in [5.74, 6) is 0. The molecule has 2 aromatic rings. The first-order chi connectivity index (χ1) is 6.29. The van der Waals surface area contributed by atoms with Gasteiger partial charge in [0.05, 0.1) is 0 Å². The lowest BCUT2D eigenvalue weighted by Crippen LogP contribution is -2.08. The molecule has 2 rings (SSSR count). The number of nitrogens with zero attached hydrogens (tertiary/aromatic N) is 1. The SMILES string of the molecule is CN(C)c1cccc2c[c]ccc12. The molecule has 0 unspecified atom stereocenters. The Labute approximate surface area is 78.6 Å². The summed E-state index contributed by atoms with van der Waals surface area (Å²) < 4.78 is 0. The minimum absolute atomic E-state index is 1.24. The van der Waals surface area contributed by atoms with Crippen molar-refractivity contribution in [1.29, 1.82) is 0 Å². The molecule has 13 heavy (non-hydrogen) atoms. The summed E-state index contributed by atoms with van der Waals surface area (Å²) in [4.78, 5) is 2.13. The maximum atomic E-state index is 3.08. The standard InChI is InChI=1S/C12H12N/c1-13(2)12-9-5-7-10-6-3-4-8-11(10)12/h4-9H,1-2H3. The fraction of sp³-hybridized carbons (Fsp3) is 0.167. The lowest BCUT2D eigenvalue weighted by molar-refractivity contribution is 1.14. The molecule has 0 amide bonds. The summed E-state index contributed by atoms with van der Waals surface area (Å²) in [6.07, 6.45) is 0. The van der Waals surface area contributed by atoms with Crippen molar-refractivity contribution >= 4 is 16.5 Å². The van der Waals surface area contributed by atoms with E-state index in [1.165, 1.54) is 16.5 Å². The van der Waals surface area contributed by atoms with Crippen molar-refractivity contribution in [2.45, 2.75) is 0 Å². The van der Waals surface area contributed by atoms with Gasteiger partial charge in [-0.3, -0.25) is 0 Å². The largest absolute Gasteiger partial charge is 0.377 e. The molecule has 2 aromatic carbocycles. The number of hydrogen-bond acceptors (Lipinski definition) is 1. The van der Waals surface area contributed by atoms with Crippen molar-refractivity contribution in [1.82, 2.24) is 0 Å². The highest BCUT2D eigenvalue weighted by molar-refractivity contribution is 5.93. The molecule has 0 N–H and O–H groups in total. The van der Waals surface area contributed by atoms with Crippen molar-refractivity contribution in [3.05, 3.63) is 42.5 Å². The highest BCUT2D eigenvalue weighted by atomic mass is 15.1. The van der Waals surface area contributed by atoms with E-state index in [9.17, 15) is 0 Å². The van der Waals surface area contributed by atoms with Gasteiger partial charge >= 0.3 is 0 Å². The summed E-state index contributed by atoms with van der Waals surface area (Å²) >= 11 is 0. The van der Waals surface area contributed by atoms with Gasteiger partial charge in [-0.2, -0.15) is 0 Å². The van der Waals surface area contributed by atoms with E-state index in [0.717, 1.165) is 0 Å². The van der Waals surface area contributed by atoms with Crippen LogP contribution in [0, 0.1) is 6.07 Å². The summed E-state index contributed by atoms with van der Waals surface area (Å²) in [5, 5.41) is 2.53. The first-order valence-electron chi connectivity index (χ1n) is 4.35. The quantitative estimate of drug-likeness (QED) is 0.636. The molecule has 0 saturated carbocycles. The second-order valence-electron chi connectivity index (χ2n) is 3.32. The smallest absolute Gasteiger partial charge is 0.0440 e. The van der Waals surface area contributed by atoms with Gasteiger partial charge in [0.25, 0.3) is 0 Å². The van der Waals surface area contributed by atoms with Crippen molar-refractivity contribution < 1.29 is 0 Å². The number of hydrogen-bond donors (Lipinski definition) is 0. The Morgan fingerprint density at radius 2 is 2.00 bits per heavy atom. The van der Waals surface area contributed by atoms with Gasteiger partial charge in [-0.15, -0.1) is 0 Å². The van der Waals surface area contributed by atoms with Crippen LogP contribution >= 0.6 is 0 Å². The molecule has 0 aromatic heterocycles. The maximum Gasteiger partial charge on any atom is 0.0440 e. The Morgan fingerprint density at radius 3 is 2.77 bits per heavy atom. The molecule has 1 heteroatoms. The van der Waals surface area contributed by atoms with Crippen LogP contribution in [0.25, 0.3) is 10.8 Å². The third kappa shape index (κ3) is 1.37. The van der Waals surface area contributed by atoms with E-state index in [-0.39, 0.29) is 0 Å². The number of fused-ring (bicyclic) bond motifs is 1. The average molecular weight is 170 g/mol. The third-order valence-corrected chi connectivity index (χ3v) is 2.18. The van der Waals surface area contributed by atoms with Gasteiger partial charge in [0.1, 0.15) is 0 Å². The number of rotatable bonds is 1. The Morgan fingerprint density at radius 1 is 1.15 bits per heavy atom. The molecule has 0 aliphatic rings. The Hall–Kier alpha value is -1.50. The number of anilines is 1. The first kappa shape index (κ1) is 8.11. The van der Waals surface area contributed by atoms with Crippen LogP contribution in [0.2, 0.25) is 0 Å². The molecule has 0 aliphatic carbocycles. The molecular weight excluding hydrogens is 158 g/mol. The average Bonchev–Trinajstić information content (AvgIpc) is 2.17. The van der Waals surface area contributed by atoms with Crippen molar-refractivity contribution in [2.75, 3.05) is 19.0 Å². The molecule has 0 saturated heterocycles. The van der Waals surface area contributed by atoms with Crippen LogP contribution in [0.3, 0.4) is 0 Å². The van der Waals surface area contributed by atoms with Crippen LogP contribution in [0.15, 0.2) is 36.4 Å². The summed E-state index contributed by atoms with van der Waals surface area (Å²) in [6.45, 7) is 0. The van der Waals surface area contributed by atoms with E-state index < -0.39 is 0 Å². The zero-order valence-electron chi connectivity index (χ0n) is 7.91. The summed E-state index contributed by atoms with van der Waals surface area (Å²) in [6, 6.07) is 15.5. The minimum atomic E-state index is 1.24. The molecule has 0 bridgehead atoms. The van der Waals surface area contributed by atoms with Crippen LogP contribution in [0.5, 0.6) is 0 Å². The minimum Gasteiger partial charge on any atom is -0.377 e. The highest BCUT2D eigenvalue weighted by Gasteiger charge is 2.00. The first-order valence-corrected chi connectivity index (χ1v) is 4.35. The highest BCUT2D eigenvalue weighted by Crippen LogP contribution is 2.24. The van der Waals surface area contributed by atoms with Crippen molar-refractivity contribution in [2.24, 2.45) is 0 Å². The molecule has 65 valence electrons. The van der Waals surface area contributed by atoms with Crippen LogP contribution in [0.1, 0.15) is 0 Å². The van der Waals surface area contributed by atoms with Gasteiger partial charge in [0, 0.05) is 25.2 Å². The maximum absolute atomic E-state index is 3.08. The normalized spacial score (nSPS) is 10.3. The number of benzene rings is 2. The Balaban J connectivity index is 2.76. The molecule has 1 nitrogen and oxygen atoms in total. The zero-order chi connectivity index (χ0) is 9.26. The van der Waals surface area contributed by atoms with E-state index in [4.69, 9.17) is 0 Å². The van der Waals surface area contributed by atoms with Gasteiger partial charge < -0.3 is 4.90 Å². The monoisotopic (exact) mass is 170 g/mol. The third-order valence-electron chi connectivity index (χ3n) is 2.18. The van der Waals surface area contributed by atoms with E-state index in [2.05, 4.69) is 49.3 Å². The Bertz CT molecular complexity index is 413. The summed E-state index contributed by atoms with van der Waals surface area (Å²) in [7, 11) is 4.12. The van der Waals surface area contributed by atoms with Gasteiger partial charge in [-0.1, -0.05) is 24.3 Å². The molecule has 0 atom stereocenters. The molecule has 1 radical (unpaired) electrons. The van der Waals surface area contributed by atoms with Gasteiger partial charge in [0.2, 0.25) is 0 Å². The fourth-order valence-corrected chi connectivity index (χ4v) is 1.54.